The van der Waals surface area contributed by atoms with Crippen molar-refractivity contribution in [3.05, 3.63) is 47.8 Å². The first kappa shape index (κ1) is 18.8. The predicted octanol–water partition coefficient (Wildman–Crippen LogP) is 4.78. The molecule has 4 nitrogen and oxygen atoms in total. The van der Waals surface area contributed by atoms with Crippen molar-refractivity contribution in [2.24, 2.45) is 5.92 Å². The van der Waals surface area contributed by atoms with E-state index >= 15 is 0 Å². The number of ether oxygens (including phenoxy) is 1. The molecule has 1 aliphatic carbocycles. The summed E-state index contributed by atoms with van der Waals surface area (Å²) in [5.41, 5.74) is 6.76. The fraction of sp³-hybridized carbons (Fsp3) is 0.550. The first-order valence-electron chi connectivity index (χ1n) is 9.38. The highest BCUT2D eigenvalue weighted by atomic mass is 19.3. The lowest BCUT2D eigenvalue weighted by Gasteiger charge is -2.28. The second kappa shape index (κ2) is 9.12. The number of hydrogen-bond acceptors (Lipinski definition) is 3. The van der Waals surface area contributed by atoms with Gasteiger partial charge in [-0.3, -0.25) is 4.68 Å². The molecule has 0 radical (unpaired) electrons. The first-order chi connectivity index (χ1) is 12.6. The Labute approximate surface area is 153 Å². The average molecular weight is 363 g/mol. The molecule has 0 amide bonds. The van der Waals surface area contributed by atoms with Crippen molar-refractivity contribution in [1.82, 2.24) is 9.78 Å². The predicted molar refractivity (Wildman–Crippen MR) is 98.2 cm³/mol. The Hall–Kier alpha value is -1.95. The zero-order valence-electron chi connectivity index (χ0n) is 15.0. The van der Waals surface area contributed by atoms with Crippen LogP contribution in [0.4, 0.5) is 14.5 Å². The molecule has 0 saturated heterocycles. The summed E-state index contributed by atoms with van der Waals surface area (Å²) in [6.07, 6.45) is 4.94. The van der Waals surface area contributed by atoms with E-state index in [-0.39, 0.29) is 17.4 Å². The summed E-state index contributed by atoms with van der Waals surface area (Å²) >= 11 is 0. The van der Waals surface area contributed by atoms with Gasteiger partial charge in [-0.2, -0.15) is 5.10 Å². The Morgan fingerprint density at radius 1 is 1.15 bits per heavy atom. The number of benzene rings is 1. The maximum Gasteiger partial charge on any atom is 0.284 e. The molecule has 1 aliphatic rings. The van der Waals surface area contributed by atoms with Gasteiger partial charge >= 0.3 is 0 Å². The maximum atomic E-state index is 12.8. The van der Waals surface area contributed by atoms with Crippen LogP contribution in [0.2, 0.25) is 0 Å². The summed E-state index contributed by atoms with van der Waals surface area (Å²) in [7, 11) is 0. The van der Waals surface area contributed by atoms with Crippen LogP contribution in [-0.4, -0.2) is 23.0 Å². The van der Waals surface area contributed by atoms with Crippen molar-refractivity contribution in [1.29, 1.82) is 0 Å². The molecule has 26 heavy (non-hydrogen) atoms. The van der Waals surface area contributed by atoms with E-state index in [0.29, 0.717) is 5.92 Å². The van der Waals surface area contributed by atoms with Crippen LogP contribution in [0.25, 0.3) is 0 Å². The van der Waals surface area contributed by atoms with Crippen molar-refractivity contribution in [3.8, 4) is 0 Å². The van der Waals surface area contributed by atoms with E-state index in [9.17, 15) is 8.78 Å². The minimum Gasteiger partial charge on any atom is -0.396 e. The van der Waals surface area contributed by atoms with Crippen LogP contribution in [-0.2, 0) is 11.2 Å². The van der Waals surface area contributed by atoms with Crippen LogP contribution in [0, 0.1) is 5.92 Å². The molecule has 6 heteroatoms. The normalized spacial score (nSPS) is 20.6. The third-order valence-electron chi connectivity index (χ3n) is 5.14. The van der Waals surface area contributed by atoms with Gasteiger partial charge in [-0.1, -0.05) is 30.3 Å². The van der Waals surface area contributed by atoms with Gasteiger partial charge in [-0.25, -0.2) is 8.78 Å². The largest absolute Gasteiger partial charge is 0.396 e. The second-order valence-corrected chi connectivity index (χ2v) is 7.09. The van der Waals surface area contributed by atoms with Crippen LogP contribution in [0.15, 0.2) is 36.5 Å². The zero-order chi connectivity index (χ0) is 18.4. The fourth-order valence-corrected chi connectivity index (χ4v) is 3.63. The molecule has 0 unspecified atom stereocenters. The van der Waals surface area contributed by atoms with E-state index in [2.05, 4.69) is 29.4 Å². The highest BCUT2D eigenvalue weighted by molar-refractivity contribution is 5.41. The minimum atomic E-state index is -2.61. The van der Waals surface area contributed by atoms with Gasteiger partial charge in [0, 0.05) is 19.4 Å². The Balaban J connectivity index is 1.34. The summed E-state index contributed by atoms with van der Waals surface area (Å²) in [6.45, 7) is 1.56. The van der Waals surface area contributed by atoms with Crippen molar-refractivity contribution >= 4 is 5.69 Å². The molecule has 2 aromatic rings. The lowest BCUT2D eigenvalue weighted by atomic mass is 9.86. The van der Waals surface area contributed by atoms with Crippen LogP contribution >= 0.6 is 0 Å². The minimum absolute atomic E-state index is 0.0869. The van der Waals surface area contributed by atoms with Crippen molar-refractivity contribution < 1.29 is 13.5 Å². The monoisotopic (exact) mass is 363 g/mol. The van der Waals surface area contributed by atoms with Gasteiger partial charge in [0.15, 0.2) is 5.69 Å². The topological polar surface area (TPSA) is 53.1 Å². The maximum absolute atomic E-state index is 12.8. The van der Waals surface area contributed by atoms with Gasteiger partial charge in [0.2, 0.25) is 0 Å². The highest BCUT2D eigenvalue weighted by Crippen LogP contribution is 2.34. The standard InChI is InChI=1S/C20H27F2N3O/c21-20(22)19-18(23)13-25(24-19)17-10-8-16(9-11-17)14-26-12-4-7-15-5-2-1-3-6-15/h1-3,5-6,13,16-17,20H,4,7-12,14,23H2. The smallest absolute Gasteiger partial charge is 0.284 e. The van der Waals surface area contributed by atoms with Gasteiger partial charge in [0.25, 0.3) is 6.43 Å². The molecule has 0 aliphatic heterocycles. The number of aromatic nitrogens is 2. The quantitative estimate of drug-likeness (QED) is 0.687. The Morgan fingerprint density at radius 3 is 2.54 bits per heavy atom. The number of nitrogens with two attached hydrogens (primary N) is 1. The van der Waals surface area contributed by atoms with E-state index in [1.807, 2.05) is 6.07 Å². The van der Waals surface area contributed by atoms with E-state index in [0.717, 1.165) is 51.7 Å². The summed E-state index contributed by atoms with van der Waals surface area (Å²) in [6, 6.07) is 10.6. The van der Waals surface area contributed by atoms with Crippen LogP contribution < -0.4 is 5.73 Å². The molecule has 2 N–H and O–H groups in total. The molecule has 3 rings (SSSR count). The third kappa shape index (κ3) is 5.04. The second-order valence-electron chi connectivity index (χ2n) is 7.09. The van der Waals surface area contributed by atoms with Gasteiger partial charge in [0.05, 0.1) is 11.7 Å². The van der Waals surface area contributed by atoms with Crippen LogP contribution in [0.3, 0.4) is 0 Å². The fourth-order valence-electron chi connectivity index (χ4n) is 3.63. The van der Waals surface area contributed by atoms with Crippen molar-refractivity contribution in [2.75, 3.05) is 18.9 Å². The van der Waals surface area contributed by atoms with E-state index in [1.54, 1.807) is 10.9 Å². The lowest BCUT2D eigenvalue weighted by Crippen LogP contribution is -2.22. The molecule has 1 aromatic heterocycles. The van der Waals surface area contributed by atoms with E-state index < -0.39 is 6.43 Å². The van der Waals surface area contributed by atoms with E-state index in [4.69, 9.17) is 10.5 Å². The van der Waals surface area contributed by atoms with Gasteiger partial charge in [-0.15, -0.1) is 0 Å². The SMILES string of the molecule is Nc1cn(C2CCC(COCCCc3ccccc3)CC2)nc1C(F)F. The van der Waals surface area contributed by atoms with Crippen molar-refractivity contribution in [3.63, 3.8) is 0 Å². The molecule has 0 spiro atoms. The number of hydrogen-bond donors (Lipinski definition) is 1. The number of nitrogen functional groups attached to an aromatic ring is 1. The Morgan fingerprint density at radius 2 is 1.88 bits per heavy atom. The number of rotatable bonds is 8. The highest BCUT2D eigenvalue weighted by Gasteiger charge is 2.25. The van der Waals surface area contributed by atoms with Gasteiger partial charge in [0.1, 0.15) is 0 Å². The molecule has 0 atom stereocenters. The number of anilines is 1. The summed E-state index contributed by atoms with van der Waals surface area (Å²) in [5, 5.41) is 3.98. The van der Waals surface area contributed by atoms with Crippen LogP contribution in [0.5, 0.6) is 0 Å². The van der Waals surface area contributed by atoms with E-state index in [1.165, 1.54) is 5.56 Å². The molecule has 142 valence electrons. The lowest BCUT2D eigenvalue weighted by molar-refractivity contribution is 0.0760. The average Bonchev–Trinajstić information content (AvgIpc) is 3.05. The van der Waals surface area contributed by atoms with Gasteiger partial charge < -0.3 is 10.5 Å². The number of alkyl halides is 2. The molecular formula is C20H27F2N3O. The number of nitrogens with zero attached hydrogens (tertiary/aromatic N) is 2. The molecule has 1 saturated carbocycles. The molecule has 1 aromatic carbocycles. The summed E-state index contributed by atoms with van der Waals surface area (Å²) in [4.78, 5) is 0. The zero-order valence-corrected chi connectivity index (χ0v) is 15.0. The summed E-state index contributed by atoms with van der Waals surface area (Å²) < 4.78 is 33.1. The molecule has 1 fully saturated rings. The number of halogens is 2. The Bertz CT molecular complexity index is 667. The van der Waals surface area contributed by atoms with Crippen LogP contribution in [0.1, 0.15) is 55.8 Å². The van der Waals surface area contributed by atoms with Gasteiger partial charge in [-0.05, 0) is 50.0 Å². The van der Waals surface area contributed by atoms with Crippen molar-refractivity contribution in [2.45, 2.75) is 51.0 Å². The Kier molecular flexibility index (Phi) is 6.61. The summed E-state index contributed by atoms with van der Waals surface area (Å²) in [5.74, 6) is 0.547. The molecular weight excluding hydrogens is 336 g/mol. The first-order valence-corrected chi connectivity index (χ1v) is 9.38. The molecule has 1 heterocycles. The number of aryl methyl sites for hydroxylation is 1. The third-order valence-corrected chi connectivity index (χ3v) is 5.14. The molecule has 0 bridgehead atoms.